The minimum Gasteiger partial charge on any atom is -0.294 e. The fourth-order valence-corrected chi connectivity index (χ4v) is 8.03. The highest BCUT2D eigenvalue weighted by Crippen LogP contribution is 2.68. The van der Waals surface area contributed by atoms with E-state index in [4.69, 9.17) is 0 Å². The molecule has 0 aromatic heterocycles. The molecule has 3 aliphatic carbocycles. The number of rotatable bonds is 3. The highest BCUT2D eigenvalue weighted by molar-refractivity contribution is 6.23. The third kappa shape index (κ3) is 2.93. The molecule has 0 fully saturated rings. The summed E-state index contributed by atoms with van der Waals surface area (Å²) in [7, 11) is 0. The fourth-order valence-electron chi connectivity index (χ4n) is 8.03. The van der Waals surface area contributed by atoms with E-state index in [1.54, 1.807) is 0 Å². The standard InChI is InChI=1S/C32H40O2/c1-12-23-13-24(17(2)3)25-15-30(9)16-31(10)14-18(4)26(22(8)33)29(34)32(31,11)21(7)28(30)20(6)27(25)19(23)5/h13H,2,6,12,14-16H2,1,3-5,7-11H3/t30-,31+,32+/m0/s1. The van der Waals surface area contributed by atoms with Gasteiger partial charge < -0.3 is 0 Å². The van der Waals surface area contributed by atoms with Crippen molar-refractivity contribution in [3.8, 4) is 0 Å². The Morgan fingerprint density at radius 3 is 2.24 bits per heavy atom. The molecule has 0 amide bonds. The van der Waals surface area contributed by atoms with Crippen LogP contribution in [0.3, 0.4) is 0 Å². The fraction of sp³-hybridized carbons (Fsp3) is 0.500. The van der Waals surface area contributed by atoms with Gasteiger partial charge in [0.15, 0.2) is 11.6 Å². The monoisotopic (exact) mass is 456 g/mol. The van der Waals surface area contributed by atoms with E-state index in [1.807, 2.05) is 6.92 Å². The van der Waals surface area contributed by atoms with Crippen molar-refractivity contribution in [3.63, 3.8) is 0 Å². The first-order chi connectivity index (χ1) is 15.6. The van der Waals surface area contributed by atoms with Crippen LogP contribution in [0.25, 0.3) is 11.1 Å². The van der Waals surface area contributed by atoms with Gasteiger partial charge in [-0.25, -0.2) is 0 Å². The van der Waals surface area contributed by atoms with Gasteiger partial charge in [-0.1, -0.05) is 56.7 Å². The maximum atomic E-state index is 14.0. The van der Waals surface area contributed by atoms with Crippen molar-refractivity contribution in [3.05, 3.63) is 69.3 Å². The molecule has 180 valence electrons. The summed E-state index contributed by atoms with van der Waals surface area (Å²) in [4.78, 5) is 26.6. The highest BCUT2D eigenvalue weighted by Gasteiger charge is 2.62. The zero-order valence-corrected chi connectivity index (χ0v) is 22.6. The average molecular weight is 457 g/mol. The van der Waals surface area contributed by atoms with Crippen LogP contribution >= 0.6 is 0 Å². The summed E-state index contributed by atoms with van der Waals surface area (Å²) < 4.78 is 0. The van der Waals surface area contributed by atoms with Crippen molar-refractivity contribution in [2.45, 2.75) is 88.0 Å². The number of hydrogen-bond donors (Lipinski definition) is 0. The molecule has 3 aliphatic rings. The predicted octanol–water partition coefficient (Wildman–Crippen LogP) is 7.78. The molecule has 3 atom stereocenters. The molecule has 2 nitrogen and oxygen atoms in total. The van der Waals surface area contributed by atoms with E-state index in [1.165, 1.54) is 40.3 Å². The van der Waals surface area contributed by atoms with Crippen molar-refractivity contribution in [1.29, 1.82) is 0 Å². The van der Waals surface area contributed by atoms with Gasteiger partial charge in [0.1, 0.15) is 0 Å². The van der Waals surface area contributed by atoms with Crippen molar-refractivity contribution in [2.75, 3.05) is 0 Å². The third-order valence-electron chi connectivity index (χ3n) is 9.64. The van der Waals surface area contributed by atoms with Crippen LogP contribution in [-0.2, 0) is 22.4 Å². The summed E-state index contributed by atoms with van der Waals surface area (Å²) >= 11 is 0. The molecule has 0 saturated heterocycles. The van der Waals surface area contributed by atoms with Crippen LogP contribution < -0.4 is 0 Å². The van der Waals surface area contributed by atoms with Crippen LogP contribution in [0.1, 0.15) is 96.0 Å². The second kappa shape index (κ2) is 7.51. The van der Waals surface area contributed by atoms with E-state index < -0.39 is 5.41 Å². The van der Waals surface area contributed by atoms with Crippen LogP contribution in [0.5, 0.6) is 0 Å². The normalized spacial score (nSPS) is 30.7. The Bertz CT molecular complexity index is 1270. The van der Waals surface area contributed by atoms with Gasteiger partial charge in [0, 0.05) is 0 Å². The molecule has 0 aliphatic heterocycles. The van der Waals surface area contributed by atoms with Crippen LogP contribution in [0, 0.1) is 23.2 Å². The van der Waals surface area contributed by atoms with E-state index in [0.717, 1.165) is 48.0 Å². The van der Waals surface area contributed by atoms with E-state index in [0.29, 0.717) is 5.57 Å². The number of ketones is 2. The summed E-state index contributed by atoms with van der Waals surface area (Å²) in [5, 5.41) is 0. The molecule has 0 spiro atoms. The molecule has 0 radical (unpaired) electrons. The summed E-state index contributed by atoms with van der Waals surface area (Å²) in [6.07, 6.45) is 3.54. The molecule has 34 heavy (non-hydrogen) atoms. The molecule has 2 heteroatoms. The lowest BCUT2D eigenvalue weighted by atomic mass is 9.42. The smallest absolute Gasteiger partial charge is 0.176 e. The lowest BCUT2D eigenvalue weighted by molar-refractivity contribution is -0.134. The van der Waals surface area contributed by atoms with Gasteiger partial charge in [-0.15, -0.1) is 0 Å². The maximum Gasteiger partial charge on any atom is 0.176 e. The van der Waals surface area contributed by atoms with E-state index in [9.17, 15) is 9.59 Å². The van der Waals surface area contributed by atoms with E-state index in [2.05, 4.69) is 67.7 Å². The second-order valence-corrected chi connectivity index (χ2v) is 12.0. The van der Waals surface area contributed by atoms with Gasteiger partial charge in [-0.3, -0.25) is 9.59 Å². The van der Waals surface area contributed by atoms with Gasteiger partial charge >= 0.3 is 0 Å². The predicted molar refractivity (Wildman–Crippen MR) is 143 cm³/mol. The average Bonchev–Trinajstić information content (AvgIpc) is 2.70. The number of allylic oxidation sites excluding steroid dienone is 6. The van der Waals surface area contributed by atoms with Crippen molar-refractivity contribution in [1.82, 2.24) is 0 Å². The first kappa shape index (κ1) is 24.6. The van der Waals surface area contributed by atoms with Crippen LogP contribution in [-0.4, -0.2) is 11.6 Å². The van der Waals surface area contributed by atoms with E-state index in [-0.39, 0.29) is 22.4 Å². The van der Waals surface area contributed by atoms with Crippen LogP contribution in [0.15, 0.2) is 41.5 Å². The molecular formula is C32H40O2. The summed E-state index contributed by atoms with van der Waals surface area (Å²) in [5.74, 6) is -0.113. The number of aryl methyl sites for hydroxylation is 1. The SMILES string of the molecule is C=C(C)c1cc(CC)c(C)c2c1C[C@@]1(C)C[C@@]3(C)CC(C)=C(C(C)=O)C(=O)[C@@]3(C)C(C)=C1C2=C. The first-order valence-electron chi connectivity index (χ1n) is 12.6. The van der Waals surface area contributed by atoms with Gasteiger partial charge in [-0.2, -0.15) is 0 Å². The Kier molecular flexibility index (Phi) is 5.44. The number of fused-ring (bicyclic) bond motifs is 3. The Balaban J connectivity index is 2.06. The van der Waals surface area contributed by atoms with Gasteiger partial charge in [0.25, 0.3) is 0 Å². The molecule has 0 bridgehead atoms. The third-order valence-corrected chi connectivity index (χ3v) is 9.64. The zero-order valence-electron chi connectivity index (χ0n) is 22.6. The highest BCUT2D eigenvalue weighted by atomic mass is 16.1. The largest absolute Gasteiger partial charge is 0.294 e. The summed E-state index contributed by atoms with van der Waals surface area (Å²) in [5.41, 5.74) is 11.2. The van der Waals surface area contributed by atoms with E-state index >= 15 is 0 Å². The number of Topliss-reactive ketones (excluding diaryl/α,β-unsaturated/α-hetero) is 2. The molecule has 4 rings (SSSR count). The molecule has 0 N–H and O–H groups in total. The molecule has 1 aromatic rings. The molecular weight excluding hydrogens is 416 g/mol. The molecule has 0 saturated carbocycles. The maximum absolute atomic E-state index is 14.0. The minimum atomic E-state index is -0.712. The Morgan fingerprint density at radius 2 is 1.71 bits per heavy atom. The number of benzene rings is 1. The zero-order chi connectivity index (χ0) is 25.5. The second-order valence-electron chi connectivity index (χ2n) is 12.0. The Labute approximate surface area is 205 Å². The van der Waals surface area contributed by atoms with Crippen LogP contribution in [0.2, 0.25) is 0 Å². The van der Waals surface area contributed by atoms with Gasteiger partial charge in [0.2, 0.25) is 0 Å². The number of carbonyl (C=O) groups excluding carboxylic acids is 2. The Hall–Kier alpha value is -2.48. The van der Waals surface area contributed by atoms with Crippen molar-refractivity contribution < 1.29 is 9.59 Å². The van der Waals surface area contributed by atoms with Gasteiger partial charge in [0.05, 0.1) is 11.0 Å². The van der Waals surface area contributed by atoms with Crippen molar-refractivity contribution >= 4 is 22.7 Å². The number of hydrogen-bond acceptors (Lipinski definition) is 2. The molecule has 1 aromatic carbocycles. The quantitative estimate of drug-likeness (QED) is 0.435. The Morgan fingerprint density at radius 1 is 1.09 bits per heavy atom. The summed E-state index contributed by atoms with van der Waals surface area (Å²) in [6, 6.07) is 2.33. The topological polar surface area (TPSA) is 34.1 Å². The minimum absolute atomic E-state index is 0.00134. The first-order valence-corrected chi connectivity index (χ1v) is 12.6. The van der Waals surface area contributed by atoms with Crippen molar-refractivity contribution in [2.24, 2.45) is 16.2 Å². The lowest BCUT2D eigenvalue weighted by Gasteiger charge is -2.60. The number of carbonyl (C=O) groups is 2. The molecule has 0 heterocycles. The lowest BCUT2D eigenvalue weighted by Crippen LogP contribution is -2.56. The van der Waals surface area contributed by atoms with Crippen LogP contribution in [0.4, 0.5) is 0 Å². The molecule has 0 unspecified atom stereocenters. The van der Waals surface area contributed by atoms with Gasteiger partial charge in [-0.05, 0) is 117 Å². The summed E-state index contributed by atoms with van der Waals surface area (Å²) in [6.45, 7) is 27.9.